The Balaban J connectivity index is 2.30. The summed E-state index contributed by atoms with van der Waals surface area (Å²) in [6, 6.07) is 5.58. The lowest BCUT2D eigenvalue weighted by Crippen LogP contribution is -1.98. The molecular weight excluding hydrogens is 244 g/mol. The average Bonchev–Trinajstić information content (AvgIpc) is 2.22. The van der Waals surface area contributed by atoms with Crippen molar-refractivity contribution in [2.75, 3.05) is 5.32 Å². The van der Waals surface area contributed by atoms with Gasteiger partial charge < -0.3 is 5.32 Å². The van der Waals surface area contributed by atoms with Crippen LogP contribution in [-0.4, -0.2) is 15.2 Å². The van der Waals surface area contributed by atoms with E-state index < -0.39 is 0 Å². The quantitative estimate of drug-likeness (QED) is 0.806. The van der Waals surface area contributed by atoms with Crippen molar-refractivity contribution in [3.05, 3.63) is 39.8 Å². The molecule has 0 radical (unpaired) electrons. The fourth-order valence-electron chi connectivity index (χ4n) is 1.28. The minimum atomic E-state index is 0.344. The van der Waals surface area contributed by atoms with Crippen molar-refractivity contribution in [3.63, 3.8) is 0 Å². The maximum absolute atomic E-state index is 5.87. The molecule has 4 nitrogen and oxygen atoms in total. The fourth-order valence-corrected chi connectivity index (χ4v) is 1.66. The Labute approximate surface area is 103 Å². The summed E-state index contributed by atoms with van der Waals surface area (Å²) in [6.45, 7) is 1.96. The highest BCUT2D eigenvalue weighted by atomic mass is 35.5. The molecule has 1 aromatic carbocycles. The molecule has 0 aliphatic heterocycles. The molecule has 2 aromatic rings. The van der Waals surface area contributed by atoms with Crippen LogP contribution >= 0.6 is 23.8 Å². The van der Waals surface area contributed by atoms with Crippen LogP contribution in [-0.2, 0) is 0 Å². The first-order valence-corrected chi connectivity index (χ1v) is 5.39. The predicted octanol–water partition coefficient (Wildman–Crippen LogP) is 3.24. The smallest absolute Gasteiger partial charge is 0.215 e. The lowest BCUT2D eigenvalue weighted by Gasteiger charge is -2.08. The first kappa shape index (κ1) is 11.0. The number of nitrogens with one attached hydrogen (secondary N) is 2. The number of hydrogen-bond acceptors (Lipinski definition) is 4. The molecule has 0 unspecified atom stereocenters. The summed E-state index contributed by atoms with van der Waals surface area (Å²) in [6.07, 6.45) is 1.57. The Bertz CT molecular complexity index is 567. The van der Waals surface area contributed by atoms with Gasteiger partial charge in [-0.25, -0.2) is 0 Å². The number of aromatic nitrogens is 3. The number of H-pyrrole nitrogens is 1. The molecule has 0 saturated carbocycles. The zero-order valence-corrected chi connectivity index (χ0v) is 10.1. The Morgan fingerprint density at radius 3 is 2.94 bits per heavy atom. The molecule has 1 heterocycles. The van der Waals surface area contributed by atoms with Gasteiger partial charge in [0.15, 0.2) is 5.82 Å². The molecule has 0 bridgehead atoms. The number of benzene rings is 1. The SMILES string of the molecule is Cc1cc(Cl)ccc1Nc1cn[nH]c(=S)n1. The van der Waals surface area contributed by atoms with E-state index in [0.29, 0.717) is 15.6 Å². The third-order valence-corrected chi connectivity index (χ3v) is 2.44. The summed E-state index contributed by atoms with van der Waals surface area (Å²) in [5, 5.41) is 10.3. The van der Waals surface area contributed by atoms with E-state index in [4.69, 9.17) is 23.8 Å². The number of halogens is 1. The largest absolute Gasteiger partial charge is 0.339 e. The second-order valence-corrected chi connectivity index (χ2v) is 4.08. The highest BCUT2D eigenvalue weighted by Gasteiger charge is 2.00. The topological polar surface area (TPSA) is 53.6 Å². The van der Waals surface area contributed by atoms with Crippen LogP contribution in [0, 0.1) is 11.7 Å². The molecule has 0 saturated heterocycles. The Hall–Kier alpha value is -1.46. The molecule has 0 aliphatic rings. The van der Waals surface area contributed by atoms with Crippen LogP contribution in [0.2, 0.25) is 5.02 Å². The van der Waals surface area contributed by atoms with Crippen LogP contribution in [0.3, 0.4) is 0 Å². The van der Waals surface area contributed by atoms with Crippen molar-refractivity contribution >= 4 is 35.3 Å². The van der Waals surface area contributed by atoms with Crippen LogP contribution in [0.25, 0.3) is 0 Å². The number of aromatic amines is 1. The number of hydrogen-bond donors (Lipinski definition) is 2. The van der Waals surface area contributed by atoms with Crippen molar-refractivity contribution in [1.82, 2.24) is 15.2 Å². The third-order valence-electron chi connectivity index (χ3n) is 2.02. The molecule has 0 aliphatic carbocycles. The predicted molar refractivity (Wildman–Crippen MR) is 66.7 cm³/mol. The highest BCUT2D eigenvalue weighted by molar-refractivity contribution is 7.71. The summed E-state index contributed by atoms with van der Waals surface area (Å²) in [7, 11) is 0. The van der Waals surface area contributed by atoms with E-state index in [1.54, 1.807) is 6.20 Å². The molecule has 2 N–H and O–H groups in total. The van der Waals surface area contributed by atoms with Gasteiger partial charge in [-0.15, -0.1) is 0 Å². The van der Waals surface area contributed by atoms with Crippen molar-refractivity contribution in [2.45, 2.75) is 6.92 Å². The lowest BCUT2D eigenvalue weighted by atomic mass is 10.2. The van der Waals surface area contributed by atoms with Crippen LogP contribution in [0.1, 0.15) is 5.56 Å². The number of aryl methyl sites for hydroxylation is 1. The van der Waals surface area contributed by atoms with Gasteiger partial charge in [-0.1, -0.05) is 11.6 Å². The van der Waals surface area contributed by atoms with E-state index in [1.165, 1.54) is 0 Å². The number of rotatable bonds is 2. The van der Waals surface area contributed by atoms with Gasteiger partial charge >= 0.3 is 0 Å². The van der Waals surface area contributed by atoms with Gasteiger partial charge in [0, 0.05) is 10.7 Å². The zero-order chi connectivity index (χ0) is 11.5. The first-order chi connectivity index (χ1) is 7.65. The van der Waals surface area contributed by atoms with Crippen LogP contribution in [0.4, 0.5) is 11.5 Å². The summed E-state index contributed by atoms with van der Waals surface area (Å²) in [5.74, 6) is 0.606. The minimum absolute atomic E-state index is 0.344. The van der Waals surface area contributed by atoms with Gasteiger partial charge in [0.25, 0.3) is 0 Å². The molecule has 0 atom stereocenters. The monoisotopic (exact) mass is 252 g/mol. The van der Waals surface area contributed by atoms with Gasteiger partial charge in [0.05, 0.1) is 6.20 Å². The van der Waals surface area contributed by atoms with Crippen molar-refractivity contribution in [1.29, 1.82) is 0 Å². The molecule has 6 heteroatoms. The molecule has 2 rings (SSSR count). The Kier molecular flexibility index (Phi) is 3.17. The highest BCUT2D eigenvalue weighted by Crippen LogP contribution is 2.21. The van der Waals surface area contributed by atoms with Gasteiger partial charge in [-0.3, -0.25) is 5.10 Å². The maximum atomic E-state index is 5.87. The zero-order valence-electron chi connectivity index (χ0n) is 8.49. The first-order valence-electron chi connectivity index (χ1n) is 4.60. The van der Waals surface area contributed by atoms with E-state index in [0.717, 1.165) is 11.3 Å². The van der Waals surface area contributed by atoms with Crippen LogP contribution in [0.15, 0.2) is 24.4 Å². The number of nitrogens with zero attached hydrogens (tertiary/aromatic N) is 2. The van der Waals surface area contributed by atoms with Crippen LogP contribution in [0.5, 0.6) is 0 Å². The van der Waals surface area contributed by atoms with E-state index in [-0.39, 0.29) is 0 Å². The van der Waals surface area contributed by atoms with E-state index in [2.05, 4.69) is 20.5 Å². The number of anilines is 2. The summed E-state index contributed by atoms with van der Waals surface area (Å²) in [5.41, 5.74) is 1.97. The van der Waals surface area contributed by atoms with Gasteiger partial charge in [-0.05, 0) is 42.9 Å². The van der Waals surface area contributed by atoms with Crippen molar-refractivity contribution in [2.24, 2.45) is 0 Å². The fraction of sp³-hybridized carbons (Fsp3) is 0.100. The summed E-state index contributed by atoms with van der Waals surface area (Å²) in [4.78, 5) is 4.08. The second-order valence-electron chi connectivity index (χ2n) is 3.26. The second kappa shape index (κ2) is 4.59. The average molecular weight is 253 g/mol. The molecule has 0 spiro atoms. The maximum Gasteiger partial charge on any atom is 0.215 e. The third kappa shape index (κ3) is 2.56. The van der Waals surface area contributed by atoms with E-state index in [1.807, 2.05) is 25.1 Å². The van der Waals surface area contributed by atoms with E-state index >= 15 is 0 Å². The normalized spacial score (nSPS) is 10.1. The Morgan fingerprint density at radius 1 is 1.44 bits per heavy atom. The molecule has 82 valence electrons. The molecule has 1 aromatic heterocycles. The minimum Gasteiger partial charge on any atom is -0.339 e. The molecule has 16 heavy (non-hydrogen) atoms. The van der Waals surface area contributed by atoms with Gasteiger partial charge in [0.1, 0.15) is 0 Å². The van der Waals surface area contributed by atoms with Gasteiger partial charge in [-0.2, -0.15) is 10.1 Å². The molecule has 0 fully saturated rings. The standard InChI is InChI=1S/C10H9ClN4S/c1-6-4-7(11)2-3-8(6)13-9-5-12-15-10(16)14-9/h2-5H,1H3,(H2,13,14,15,16). The van der Waals surface area contributed by atoms with Crippen molar-refractivity contribution < 1.29 is 0 Å². The summed E-state index contributed by atoms with van der Waals surface area (Å²) >= 11 is 10.7. The molecular formula is C10H9ClN4S. The van der Waals surface area contributed by atoms with Crippen molar-refractivity contribution in [3.8, 4) is 0 Å². The Morgan fingerprint density at radius 2 is 2.25 bits per heavy atom. The molecule has 0 amide bonds. The van der Waals surface area contributed by atoms with Crippen LogP contribution < -0.4 is 5.32 Å². The van der Waals surface area contributed by atoms with E-state index in [9.17, 15) is 0 Å². The van der Waals surface area contributed by atoms with Gasteiger partial charge in [0.2, 0.25) is 4.77 Å². The summed E-state index contributed by atoms with van der Waals surface area (Å²) < 4.78 is 0.344. The lowest BCUT2D eigenvalue weighted by molar-refractivity contribution is 0.953.